The maximum Gasteiger partial charge on any atom is 0.227 e. The summed E-state index contributed by atoms with van der Waals surface area (Å²) in [6, 6.07) is 25.9. The summed E-state index contributed by atoms with van der Waals surface area (Å²) < 4.78 is 6.14. The zero-order valence-corrected chi connectivity index (χ0v) is 19.2. The molecule has 0 bridgehead atoms. The molecule has 3 heterocycles. The molecule has 0 aliphatic rings. The van der Waals surface area contributed by atoms with Crippen LogP contribution < -0.4 is 15.9 Å². The van der Waals surface area contributed by atoms with Crippen LogP contribution in [0.3, 0.4) is 0 Å². The monoisotopic (exact) mass is 461 g/mol. The fourth-order valence-electron chi connectivity index (χ4n) is 3.89. The van der Waals surface area contributed by atoms with Crippen molar-refractivity contribution < 1.29 is 4.42 Å². The predicted molar refractivity (Wildman–Crippen MR) is 141 cm³/mol. The van der Waals surface area contributed by atoms with Crippen LogP contribution in [-0.4, -0.2) is 15.0 Å². The Morgan fingerprint density at radius 3 is 2.47 bits per heavy atom. The maximum atomic E-state index is 6.14. The Morgan fingerprint density at radius 1 is 0.706 bits per heavy atom. The third-order valence-electron chi connectivity index (χ3n) is 5.51. The number of hydrogen-bond acceptors (Lipinski definition) is 6. The first kappa shape index (κ1) is 20.3. The third-order valence-corrected chi connectivity index (χ3v) is 5.87. The summed E-state index contributed by atoms with van der Waals surface area (Å²) >= 11 is 0. The molecule has 0 radical (unpaired) electrons. The molecule has 34 heavy (non-hydrogen) atoms. The van der Waals surface area contributed by atoms with E-state index in [2.05, 4.69) is 35.9 Å². The molecule has 7 heteroatoms. The number of pyridine rings is 2. The molecule has 1 unspecified atom stereocenters. The van der Waals surface area contributed by atoms with E-state index in [9.17, 15) is 0 Å². The second-order valence-electron chi connectivity index (χ2n) is 7.90. The van der Waals surface area contributed by atoms with Gasteiger partial charge in [0.25, 0.3) is 0 Å². The lowest BCUT2D eigenvalue weighted by molar-refractivity contribution is 0.620. The van der Waals surface area contributed by atoms with Gasteiger partial charge in [-0.15, -0.1) is 9.24 Å². The molecular formula is C27H20N5OP. The highest BCUT2D eigenvalue weighted by atomic mass is 31.0. The molecule has 0 saturated heterocycles. The Kier molecular flexibility index (Phi) is 5.13. The molecule has 0 aliphatic carbocycles. The average Bonchev–Trinajstić information content (AvgIpc) is 3.29. The van der Waals surface area contributed by atoms with Gasteiger partial charge in [0, 0.05) is 58.4 Å². The molecule has 2 N–H and O–H groups in total. The van der Waals surface area contributed by atoms with E-state index in [0.717, 1.165) is 55.6 Å². The van der Waals surface area contributed by atoms with E-state index >= 15 is 0 Å². The first-order valence-corrected chi connectivity index (χ1v) is 11.4. The van der Waals surface area contributed by atoms with Crippen molar-refractivity contribution in [3.05, 3.63) is 97.5 Å². The van der Waals surface area contributed by atoms with E-state index in [1.165, 1.54) is 0 Å². The second-order valence-corrected chi connectivity index (χ2v) is 8.57. The molecule has 6 rings (SSSR count). The van der Waals surface area contributed by atoms with Crippen molar-refractivity contribution in [2.45, 2.75) is 0 Å². The first-order valence-electron chi connectivity index (χ1n) is 10.8. The van der Waals surface area contributed by atoms with Gasteiger partial charge < -0.3 is 15.1 Å². The molecule has 6 nitrogen and oxygen atoms in total. The van der Waals surface area contributed by atoms with Crippen molar-refractivity contribution >= 4 is 59.3 Å². The molecule has 0 spiro atoms. The SMILES string of the molecule is Pc1ccc2nccc(Nc3ccc4nc(-c5cccc(Nc6ccncc6)c5)oc4c3)c2c1. The van der Waals surface area contributed by atoms with Gasteiger partial charge >= 0.3 is 0 Å². The zero-order chi connectivity index (χ0) is 22.9. The topological polar surface area (TPSA) is 75.9 Å². The zero-order valence-electron chi connectivity index (χ0n) is 18.1. The van der Waals surface area contributed by atoms with Crippen LogP contribution in [-0.2, 0) is 0 Å². The van der Waals surface area contributed by atoms with Crippen LogP contribution in [0.1, 0.15) is 0 Å². The Balaban J connectivity index is 1.30. The number of nitrogens with one attached hydrogen (secondary N) is 2. The van der Waals surface area contributed by atoms with Gasteiger partial charge in [-0.3, -0.25) is 9.97 Å². The quantitative estimate of drug-likeness (QED) is 0.288. The number of benzene rings is 3. The minimum Gasteiger partial charge on any atom is -0.436 e. The number of rotatable bonds is 5. The van der Waals surface area contributed by atoms with Crippen molar-refractivity contribution in [2.75, 3.05) is 10.6 Å². The van der Waals surface area contributed by atoms with Crippen LogP contribution in [0.25, 0.3) is 33.5 Å². The van der Waals surface area contributed by atoms with Gasteiger partial charge in [0.15, 0.2) is 5.58 Å². The molecule has 6 aromatic rings. The third kappa shape index (κ3) is 4.07. The number of nitrogens with zero attached hydrogens (tertiary/aromatic N) is 3. The van der Waals surface area contributed by atoms with Crippen LogP contribution in [0.5, 0.6) is 0 Å². The fraction of sp³-hybridized carbons (Fsp3) is 0. The number of aromatic nitrogens is 3. The van der Waals surface area contributed by atoms with Crippen molar-refractivity contribution in [3.63, 3.8) is 0 Å². The van der Waals surface area contributed by atoms with Gasteiger partial charge in [0.05, 0.1) is 5.52 Å². The maximum absolute atomic E-state index is 6.14. The highest BCUT2D eigenvalue weighted by Crippen LogP contribution is 2.31. The van der Waals surface area contributed by atoms with Gasteiger partial charge in [0.1, 0.15) is 5.52 Å². The predicted octanol–water partition coefficient (Wildman–Crippen LogP) is 6.43. The van der Waals surface area contributed by atoms with E-state index in [-0.39, 0.29) is 0 Å². The summed E-state index contributed by atoms with van der Waals surface area (Å²) in [6.45, 7) is 0. The molecule has 0 amide bonds. The standard InChI is InChI=1S/C27H20N5OP/c34-21-5-7-23-22(16-21)24(10-13-29-23)31-20-4-6-25-26(15-20)33-27(32-25)17-2-1-3-19(14-17)30-18-8-11-28-12-9-18/h1-16H,34H2,(H,28,30)(H,29,31). The summed E-state index contributed by atoms with van der Waals surface area (Å²) in [4.78, 5) is 13.2. The van der Waals surface area contributed by atoms with E-state index in [4.69, 9.17) is 9.40 Å². The minimum atomic E-state index is 0.576. The van der Waals surface area contributed by atoms with Crippen LogP contribution in [0.15, 0.2) is 102 Å². The van der Waals surface area contributed by atoms with Crippen molar-refractivity contribution in [1.29, 1.82) is 0 Å². The van der Waals surface area contributed by atoms with Crippen LogP contribution in [0, 0.1) is 0 Å². The van der Waals surface area contributed by atoms with Gasteiger partial charge in [-0.1, -0.05) is 12.1 Å². The van der Waals surface area contributed by atoms with Gasteiger partial charge in [-0.2, -0.15) is 0 Å². The molecule has 3 aromatic carbocycles. The first-order chi connectivity index (χ1) is 16.7. The van der Waals surface area contributed by atoms with E-state index in [0.29, 0.717) is 5.89 Å². The second kappa shape index (κ2) is 8.58. The summed E-state index contributed by atoms with van der Waals surface area (Å²) in [6.07, 6.45) is 5.33. The van der Waals surface area contributed by atoms with E-state index in [1.807, 2.05) is 79.0 Å². The lowest BCUT2D eigenvalue weighted by Gasteiger charge is -2.09. The lowest BCUT2D eigenvalue weighted by Crippen LogP contribution is -1.96. The Hall–Kier alpha value is -4.28. The van der Waals surface area contributed by atoms with Gasteiger partial charge in [-0.25, -0.2) is 4.98 Å². The molecule has 3 aromatic heterocycles. The van der Waals surface area contributed by atoms with Crippen molar-refractivity contribution in [1.82, 2.24) is 15.0 Å². The largest absolute Gasteiger partial charge is 0.436 e. The molecule has 0 aliphatic heterocycles. The van der Waals surface area contributed by atoms with Crippen LogP contribution in [0.4, 0.5) is 22.7 Å². The van der Waals surface area contributed by atoms with E-state index < -0.39 is 0 Å². The normalized spacial score (nSPS) is 11.1. The smallest absolute Gasteiger partial charge is 0.227 e. The molecule has 0 fully saturated rings. The van der Waals surface area contributed by atoms with Crippen LogP contribution in [0.2, 0.25) is 0 Å². The van der Waals surface area contributed by atoms with Crippen molar-refractivity contribution in [3.8, 4) is 11.5 Å². The fourth-order valence-corrected chi connectivity index (χ4v) is 4.15. The Labute approximate surface area is 198 Å². The summed E-state index contributed by atoms with van der Waals surface area (Å²) in [7, 11) is 2.73. The number of hydrogen-bond donors (Lipinski definition) is 2. The number of anilines is 4. The molecule has 0 saturated carbocycles. The summed E-state index contributed by atoms with van der Waals surface area (Å²) in [5.41, 5.74) is 7.20. The van der Waals surface area contributed by atoms with Gasteiger partial charge in [-0.05, 0) is 66.0 Å². The molecular weight excluding hydrogens is 441 g/mol. The molecule has 1 atom stereocenters. The Bertz CT molecular complexity index is 1630. The van der Waals surface area contributed by atoms with E-state index in [1.54, 1.807) is 12.4 Å². The minimum absolute atomic E-state index is 0.576. The van der Waals surface area contributed by atoms with Crippen LogP contribution >= 0.6 is 9.24 Å². The summed E-state index contributed by atoms with van der Waals surface area (Å²) in [5.74, 6) is 0.576. The Morgan fingerprint density at radius 2 is 1.56 bits per heavy atom. The van der Waals surface area contributed by atoms with Crippen molar-refractivity contribution in [2.24, 2.45) is 0 Å². The van der Waals surface area contributed by atoms with Gasteiger partial charge in [0.2, 0.25) is 5.89 Å². The highest BCUT2D eigenvalue weighted by Gasteiger charge is 2.11. The number of fused-ring (bicyclic) bond motifs is 2. The number of oxazole rings is 1. The summed E-state index contributed by atoms with van der Waals surface area (Å²) in [5, 5.41) is 9.05. The molecule has 164 valence electrons. The average molecular weight is 461 g/mol. The lowest BCUT2D eigenvalue weighted by atomic mass is 10.2. The highest BCUT2D eigenvalue weighted by molar-refractivity contribution is 7.27.